The number of aryl methyl sites for hydroxylation is 1. The topological polar surface area (TPSA) is 12.5 Å². The van der Waals surface area contributed by atoms with Crippen molar-refractivity contribution in [3.05, 3.63) is 84.4 Å². The van der Waals surface area contributed by atoms with E-state index in [1.54, 1.807) is 0 Å². The van der Waals surface area contributed by atoms with Crippen LogP contribution in [-0.2, 0) is 4.43 Å². The Bertz CT molecular complexity index is 826. The highest BCUT2D eigenvalue weighted by Gasteiger charge is 2.24. The fourth-order valence-electron chi connectivity index (χ4n) is 3.17. The Balaban J connectivity index is 2.01. The van der Waals surface area contributed by atoms with Crippen molar-refractivity contribution in [2.45, 2.75) is 26.9 Å². The van der Waals surface area contributed by atoms with Gasteiger partial charge in [0.2, 0.25) is 8.32 Å². The molecule has 26 heavy (non-hydrogen) atoms. The van der Waals surface area contributed by atoms with Crippen LogP contribution in [0.15, 0.2) is 78.9 Å². The molecule has 3 rings (SSSR count). The van der Waals surface area contributed by atoms with Crippen LogP contribution in [0.25, 0.3) is 0 Å². The van der Waals surface area contributed by atoms with E-state index in [1.807, 2.05) is 0 Å². The summed E-state index contributed by atoms with van der Waals surface area (Å²) < 4.78 is 6.02. The van der Waals surface area contributed by atoms with Crippen LogP contribution in [0.5, 0.6) is 0 Å². The van der Waals surface area contributed by atoms with Gasteiger partial charge in [-0.3, -0.25) is 0 Å². The van der Waals surface area contributed by atoms with Crippen LogP contribution < -0.4 is 10.1 Å². The average Bonchev–Trinajstić information content (AvgIpc) is 2.65. The third-order valence-corrected chi connectivity index (χ3v) is 7.37. The lowest BCUT2D eigenvalue weighted by molar-refractivity contribution is 0.339. The van der Waals surface area contributed by atoms with Crippen molar-refractivity contribution < 1.29 is 4.43 Å². The quantitative estimate of drug-likeness (QED) is 0.506. The molecule has 0 heterocycles. The van der Waals surface area contributed by atoms with Gasteiger partial charge >= 0.3 is 0 Å². The lowest BCUT2D eigenvalue weighted by Gasteiger charge is -2.27. The summed E-state index contributed by atoms with van der Waals surface area (Å²) >= 11 is 0. The molecular formula is C23H27NOSi. The van der Waals surface area contributed by atoms with Gasteiger partial charge in [0.15, 0.2) is 0 Å². The van der Waals surface area contributed by atoms with Crippen molar-refractivity contribution in [1.82, 2.24) is 0 Å². The predicted molar refractivity (Wildman–Crippen MR) is 115 cm³/mol. The Labute approximate surface area is 158 Å². The number of nitrogens with zero attached hydrogens (tertiary/aromatic N) is 1. The van der Waals surface area contributed by atoms with Crippen molar-refractivity contribution in [1.29, 1.82) is 0 Å². The number of hydrogen-bond donors (Lipinski definition) is 0. The number of para-hydroxylation sites is 1. The largest absolute Gasteiger partial charge is 0.413 e. The molecule has 0 N–H and O–H groups in total. The summed E-state index contributed by atoms with van der Waals surface area (Å²) in [4.78, 5) is 2.29. The van der Waals surface area contributed by atoms with Crippen LogP contribution in [0, 0.1) is 6.92 Å². The van der Waals surface area contributed by atoms with E-state index in [-0.39, 0.29) is 0 Å². The van der Waals surface area contributed by atoms with E-state index in [0.29, 0.717) is 0 Å². The van der Waals surface area contributed by atoms with Crippen LogP contribution in [0.4, 0.5) is 17.1 Å². The molecule has 0 bridgehead atoms. The molecule has 0 aliphatic rings. The first-order valence-electron chi connectivity index (χ1n) is 9.17. The van der Waals surface area contributed by atoms with Gasteiger partial charge in [-0.15, -0.1) is 0 Å². The average molecular weight is 362 g/mol. The van der Waals surface area contributed by atoms with Gasteiger partial charge in [-0.1, -0.05) is 48.0 Å². The van der Waals surface area contributed by atoms with E-state index in [4.69, 9.17) is 4.43 Å². The highest BCUT2D eigenvalue weighted by atomic mass is 28.4. The third kappa shape index (κ3) is 4.06. The third-order valence-electron chi connectivity index (χ3n) is 4.63. The maximum absolute atomic E-state index is 6.02. The van der Waals surface area contributed by atoms with E-state index >= 15 is 0 Å². The molecule has 0 atom stereocenters. The predicted octanol–water partition coefficient (Wildman–Crippen LogP) is 5.91. The summed E-state index contributed by atoms with van der Waals surface area (Å²) in [6.07, 6.45) is 0. The van der Waals surface area contributed by atoms with E-state index in [0.717, 1.165) is 23.7 Å². The second kappa shape index (κ2) is 7.90. The molecule has 0 fully saturated rings. The smallest absolute Gasteiger partial charge is 0.218 e. The summed E-state index contributed by atoms with van der Waals surface area (Å²) in [7, 11) is -1.82. The number of benzene rings is 3. The zero-order valence-corrected chi connectivity index (χ0v) is 17.1. The van der Waals surface area contributed by atoms with Crippen molar-refractivity contribution in [2.24, 2.45) is 0 Å². The summed E-state index contributed by atoms with van der Waals surface area (Å²) in [5.74, 6) is 0. The number of rotatable bonds is 6. The van der Waals surface area contributed by atoms with Crippen LogP contribution in [0.1, 0.15) is 12.5 Å². The lowest BCUT2D eigenvalue weighted by atomic mass is 10.1. The summed E-state index contributed by atoms with van der Waals surface area (Å²) in [6.45, 7) is 9.45. The van der Waals surface area contributed by atoms with Crippen LogP contribution in [0.3, 0.4) is 0 Å². The normalized spacial score (nSPS) is 11.4. The van der Waals surface area contributed by atoms with Crippen LogP contribution in [0.2, 0.25) is 13.1 Å². The molecular weight excluding hydrogens is 334 g/mol. The molecule has 0 spiro atoms. The second-order valence-electron chi connectivity index (χ2n) is 7.00. The molecule has 0 aromatic heterocycles. The van der Waals surface area contributed by atoms with E-state index in [1.165, 1.54) is 10.8 Å². The molecule has 3 heteroatoms. The van der Waals surface area contributed by atoms with Crippen molar-refractivity contribution in [3.8, 4) is 0 Å². The standard InChI is InChI=1S/C23H27NOSi/c1-5-25-26(3,4)23-17-15-22(16-18-23)24(20-9-7-6-8-10-20)21-13-11-19(2)12-14-21/h6-18H,5H2,1-4H3. The second-order valence-corrected chi connectivity index (χ2v) is 10.9. The molecule has 3 aromatic rings. The SMILES string of the molecule is CCO[Si](C)(C)c1ccc(N(c2ccccc2)c2ccc(C)cc2)cc1. The zero-order chi connectivity index (χ0) is 18.6. The minimum atomic E-state index is -1.82. The fourth-order valence-corrected chi connectivity index (χ4v) is 5.03. The van der Waals surface area contributed by atoms with Crippen LogP contribution >= 0.6 is 0 Å². The van der Waals surface area contributed by atoms with Gasteiger partial charge in [-0.25, -0.2) is 0 Å². The van der Waals surface area contributed by atoms with Crippen molar-refractivity contribution in [3.63, 3.8) is 0 Å². The monoisotopic (exact) mass is 361 g/mol. The van der Waals surface area contributed by atoms with E-state index in [2.05, 4.69) is 111 Å². The van der Waals surface area contributed by atoms with Gasteiger partial charge in [0.05, 0.1) is 0 Å². The Kier molecular flexibility index (Phi) is 5.60. The lowest BCUT2D eigenvalue weighted by Crippen LogP contribution is -2.44. The zero-order valence-electron chi connectivity index (χ0n) is 16.1. The fraction of sp³-hybridized carbons (Fsp3) is 0.217. The molecule has 0 saturated heterocycles. The van der Waals surface area contributed by atoms with E-state index < -0.39 is 8.32 Å². The first-order chi connectivity index (χ1) is 12.5. The first kappa shape index (κ1) is 18.4. The van der Waals surface area contributed by atoms with Crippen LogP contribution in [-0.4, -0.2) is 14.9 Å². The molecule has 0 aliphatic carbocycles. The van der Waals surface area contributed by atoms with Crippen molar-refractivity contribution in [2.75, 3.05) is 11.5 Å². The summed E-state index contributed by atoms with van der Waals surface area (Å²) in [5.41, 5.74) is 4.74. The maximum Gasteiger partial charge on any atom is 0.218 e. The molecule has 0 amide bonds. The van der Waals surface area contributed by atoms with Gasteiger partial charge in [-0.2, -0.15) is 0 Å². The van der Waals surface area contributed by atoms with Gasteiger partial charge in [-0.05, 0) is 68.5 Å². The number of anilines is 3. The molecule has 2 nitrogen and oxygen atoms in total. The Morgan fingerprint density at radius 3 is 1.77 bits per heavy atom. The van der Waals surface area contributed by atoms with Gasteiger partial charge in [0.1, 0.15) is 0 Å². The van der Waals surface area contributed by atoms with Gasteiger partial charge in [0, 0.05) is 23.7 Å². The Morgan fingerprint density at radius 1 is 0.731 bits per heavy atom. The Morgan fingerprint density at radius 2 is 1.23 bits per heavy atom. The minimum Gasteiger partial charge on any atom is -0.413 e. The molecule has 0 aliphatic heterocycles. The highest BCUT2D eigenvalue weighted by Crippen LogP contribution is 2.34. The number of hydrogen-bond acceptors (Lipinski definition) is 2. The summed E-state index contributed by atoms with van der Waals surface area (Å²) in [5, 5.41) is 1.32. The Hall–Kier alpha value is -2.36. The molecule has 0 unspecified atom stereocenters. The summed E-state index contributed by atoms with van der Waals surface area (Å²) in [6, 6.07) is 28.0. The maximum atomic E-state index is 6.02. The molecule has 0 radical (unpaired) electrons. The van der Waals surface area contributed by atoms with E-state index in [9.17, 15) is 0 Å². The minimum absolute atomic E-state index is 0.764. The van der Waals surface area contributed by atoms with Gasteiger partial charge < -0.3 is 9.33 Å². The molecule has 3 aromatic carbocycles. The molecule has 0 saturated carbocycles. The van der Waals surface area contributed by atoms with Gasteiger partial charge in [0.25, 0.3) is 0 Å². The molecule has 134 valence electrons. The first-order valence-corrected chi connectivity index (χ1v) is 12.1. The van der Waals surface area contributed by atoms with Crippen molar-refractivity contribution >= 4 is 30.6 Å². The highest BCUT2D eigenvalue weighted by molar-refractivity contribution is 6.84.